The minimum absolute atomic E-state index is 0.132. The molecule has 0 amide bonds. The number of aryl methyl sites for hydroxylation is 2. The number of rotatable bonds is 3. The molecule has 0 aliphatic heterocycles. The Balaban J connectivity index is 1.78. The van der Waals surface area contributed by atoms with E-state index in [0.717, 1.165) is 17.1 Å². The summed E-state index contributed by atoms with van der Waals surface area (Å²) < 4.78 is 8.32. The second-order valence-electron chi connectivity index (χ2n) is 5.43. The van der Waals surface area contributed by atoms with Gasteiger partial charge >= 0.3 is 0 Å². The van der Waals surface area contributed by atoms with Crippen LogP contribution in [0.15, 0.2) is 45.7 Å². The third-order valence-corrected chi connectivity index (χ3v) is 3.81. The van der Waals surface area contributed by atoms with E-state index in [1.54, 1.807) is 4.68 Å². The summed E-state index contributed by atoms with van der Waals surface area (Å²) in [5, 5.41) is 12.8. The van der Waals surface area contributed by atoms with Crippen molar-refractivity contribution in [3.8, 4) is 5.69 Å². The topological polar surface area (TPSA) is 91.6 Å². The lowest BCUT2D eigenvalue weighted by atomic mass is 10.3. The molecule has 3 heterocycles. The number of benzene rings is 1. The summed E-state index contributed by atoms with van der Waals surface area (Å²) in [6, 6.07) is 9.47. The summed E-state index contributed by atoms with van der Waals surface area (Å²) in [6.07, 6.45) is 1.50. The molecule has 0 bridgehead atoms. The van der Waals surface area contributed by atoms with Crippen molar-refractivity contribution >= 4 is 11.0 Å². The number of fused-ring (bicyclic) bond motifs is 1. The molecule has 120 valence electrons. The van der Waals surface area contributed by atoms with Crippen LogP contribution in [0.4, 0.5) is 0 Å². The van der Waals surface area contributed by atoms with Crippen molar-refractivity contribution in [3.05, 3.63) is 64.2 Å². The molecule has 0 fully saturated rings. The average molecular weight is 322 g/mol. The van der Waals surface area contributed by atoms with Crippen molar-refractivity contribution in [2.75, 3.05) is 0 Å². The van der Waals surface area contributed by atoms with Gasteiger partial charge < -0.3 is 4.42 Å². The Hall–Kier alpha value is -3.29. The fourth-order valence-electron chi connectivity index (χ4n) is 2.46. The first-order valence-electron chi connectivity index (χ1n) is 7.43. The summed E-state index contributed by atoms with van der Waals surface area (Å²) in [5.74, 6) is 1.15. The first-order valence-corrected chi connectivity index (χ1v) is 7.43. The lowest BCUT2D eigenvalue weighted by Crippen LogP contribution is -2.25. The summed E-state index contributed by atoms with van der Waals surface area (Å²) in [5.41, 5.74) is 1.75. The van der Waals surface area contributed by atoms with Crippen LogP contribution in [0.25, 0.3) is 16.7 Å². The Morgan fingerprint density at radius 2 is 1.96 bits per heavy atom. The normalized spacial score (nSPS) is 11.2. The molecule has 0 saturated heterocycles. The number of para-hydroxylation sites is 1. The highest BCUT2D eigenvalue weighted by Gasteiger charge is 2.14. The van der Waals surface area contributed by atoms with Gasteiger partial charge in [-0.1, -0.05) is 23.4 Å². The van der Waals surface area contributed by atoms with Gasteiger partial charge in [0, 0.05) is 0 Å². The quantitative estimate of drug-likeness (QED) is 0.569. The molecule has 0 aliphatic carbocycles. The molecule has 0 spiro atoms. The van der Waals surface area contributed by atoms with Gasteiger partial charge in [0.2, 0.25) is 5.89 Å². The summed E-state index contributed by atoms with van der Waals surface area (Å²) in [4.78, 5) is 16.9. The number of oxazole rings is 1. The third kappa shape index (κ3) is 2.28. The first kappa shape index (κ1) is 14.3. The molecule has 0 N–H and O–H groups in total. The molecular formula is C16H14N6O2. The smallest absolute Gasteiger partial charge is 0.281 e. The predicted octanol–water partition coefficient (Wildman–Crippen LogP) is 1.63. The van der Waals surface area contributed by atoms with Crippen LogP contribution in [-0.2, 0) is 6.54 Å². The lowest BCUT2D eigenvalue weighted by Gasteiger charge is -2.03. The minimum atomic E-state index is -0.282. The van der Waals surface area contributed by atoms with E-state index in [0.29, 0.717) is 16.9 Å². The largest absolute Gasteiger partial charge is 0.444 e. The van der Waals surface area contributed by atoms with Gasteiger partial charge in [-0.15, -0.1) is 5.10 Å². The Kier molecular flexibility index (Phi) is 3.23. The minimum Gasteiger partial charge on any atom is -0.444 e. The Morgan fingerprint density at radius 1 is 1.17 bits per heavy atom. The number of aromatic nitrogens is 6. The molecule has 0 saturated carbocycles. The van der Waals surface area contributed by atoms with Crippen LogP contribution in [0.5, 0.6) is 0 Å². The zero-order valence-electron chi connectivity index (χ0n) is 13.2. The predicted molar refractivity (Wildman–Crippen MR) is 86.0 cm³/mol. The Labute approximate surface area is 136 Å². The SMILES string of the molecule is Cc1nc(Cn2nnc3c(cnn3-c3ccccc3)c2=O)oc1C. The van der Waals surface area contributed by atoms with Gasteiger partial charge in [-0.25, -0.2) is 14.3 Å². The molecule has 0 atom stereocenters. The van der Waals surface area contributed by atoms with Crippen molar-refractivity contribution < 1.29 is 4.42 Å². The highest BCUT2D eigenvalue weighted by atomic mass is 16.4. The molecule has 8 nitrogen and oxygen atoms in total. The Bertz CT molecular complexity index is 1060. The van der Waals surface area contributed by atoms with Gasteiger partial charge in [-0.05, 0) is 26.0 Å². The fraction of sp³-hybridized carbons (Fsp3) is 0.188. The number of hydrogen-bond acceptors (Lipinski definition) is 6. The number of hydrogen-bond donors (Lipinski definition) is 0. The average Bonchev–Trinajstić information content (AvgIpc) is 3.15. The van der Waals surface area contributed by atoms with Gasteiger partial charge in [0.15, 0.2) is 5.65 Å². The molecule has 0 aliphatic rings. The standard InChI is InChI=1S/C16H14N6O2/c1-10-11(2)24-14(18-10)9-21-16(23)13-8-17-22(15(13)19-20-21)12-6-4-3-5-7-12/h3-8H,9H2,1-2H3. The van der Waals surface area contributed by atoms with Gasteiger partial charge in [-0.3, -0.25) is 4.79 Å². The van der Waals surface area contributed by atoms with Gasteiger partial charge in [-0.2, -0.15) is 5.10 Å². The monoisotopic (exact) mass is 322 g/mol. The maximum Gasteiger partial charge on any atom is 0.281 e. The van der Waals surface area contributed by atoms with Crippen LogP contribution in [0, 0.1) is 13.8 Å². The molecule has 3 aromatic heterocycles. The van der Waals surface area contributed by atoms with Crippen molar-refractivity contribution in [1.29, 1.82) is 0 Å². The summed E-state index contributed by atoms with van der Waals surface area (Å²) >= 11 is 0. The first-order chi connectivity index (χ1) is 11.6. The molecule has 24 heavy (non-hydrogen) atoms. The number of nitrogens with zero attached hydrogens (tertiary/aromatic N) is 6. The van der Waals surface area contributed by atoms with Crippen LogP contribution in [0.1, 0.15) is 17.3 Å². The van der Waals surface area contributed by atoms with E-state index in [9.17, 15) is 4.79 Å². The summed E-state index contributed by atoms with van der Waals surface area (Å²) in [6.45, 7) is 3.81. The zero-order valence-corrected chi connectivity index (χ0v) is 13.2. The molecule has 8 heteroatoms. The van der Waals surface area contributed by atoms with Crippen molar-refractivity contribution in [3.63, 3.8) is 0 Å². The Morgan fingerprint density at radius 3 is 2.67 bits per heavy atom. The highest BCUT2D eigenvalue weighted by Crippen LogP contribution is 2.13. The zero-order chi connectivity index (χ0) is 16.7. The molecular weight excluding hydrogens is 308 g/mol. The van der Waals surface area contributed by atoms with E-state index in [1.807, 2.05) is 44.2 Å². The van der Waals surface area contributed by atoms with Crippen molar-refractivity contribution in [2.45, 2.75) is 20.4 Å². The van der Waals surface area contributed by atoms with E-state index >= 15 is 0 Å². The van der Waals surface area contributed by atoms with E-state index < -0.39 is 0 Å². The van der Waals surface area contributed by atoms with Crippen LogP contribution in [-0.4, -0.2) is 29.8 Å². The molecule has 1 aromatic carbocycles. The summed E-state index contributed by atoms with van der Waals surface area (Å²) in [7, 11) is 0. The van der Waals surface area contributed by atoms with Crippen LogP contribution < -0.4 is 5.56 Å². The van der Waals surface area contributed by atoms with E-state index in [-0.39, 0.29) is 12.1 Å². The van der Waals surface area contributed by atoms with Gasteiger partial charge in [0.25, 0.3) is 5.56 Å². The third-order valence-electron chi connectivity index (χ3n) is 3.81. The molecule has 4 aromatic rings. The lowest BCUT2D eigenvalue weighted by molar-refractivity contribution is 0.434. The van der Waals surface area contributed by atoms with E-state index in [1.165, 1.54) is 10.9 Å². The van der Waals surface area contributed by atoms with Gasteiger partial charge in [0.05, 0.1) is 17.6 Å². The fourth-order valence-corrected chi connectivity index (χ4v) is 2.46. The maximum absolute atomic E-state index is 12.6. The maximum atomic E-state index is 12.6. The molecule has 0 radical (unpaired) electrons. The molecule has 0 unspecified atom stereocenters. The van der Waals surface area contributed by atoms with Crippen molar-refractivity contribution in [2.24, 2.45) is 0 Å². The van der Waals surface area contributed by atoms with Crippen molar-refractivity contribution in [1.82, 2.24) is 29.8 Å². The van der Waals surface area contributed by atoms with E-state index in [4.69, 9.17) is 4.42 Å². The highest BCUT2D eigenvalue weighted by molar-refractivity contribution is 5.74. The van der Waals surface area contributed by atoms with Crippen LogP contribution in [0.3, 0.4) is 0 Å². The second kappa shape index (κ2) is 5.41. The van der Waals surface area contributed by atoms with Gasteiger partial charge in [0.1, 0.15) is 17.7 Å². The van der Waals surface area contributed by atoms with Crippen LogP contribution in [0.2, 0.25) is 0 Å². The molecule has 4 rings (SSSR count). The van der Waals surface area contributed by atoms with Crippen LogP contribution >= 0.6 is 0 Å². The van der Waals surface area contributed by atoms with E-state index in [2.05, 4.69) is 20.4 Å². The second-order valence-corrected chi connectivity index (χ2v) is 5.43.